The number of carbonyl (C=O) groups excluding carboxylic acids is 2. The van der Waals surface area contributed by atoms with E-state index in [1.54, 1.807) is 17.4 Å². The predicted octanol–water partition coefficient (Wildman–Crippen LogP) is 2.86. The highest BCUT2D eigenvalue weighted by Gasteiger charge is 2.22. The van der Waals surface area contributed by atoms with Gasteiger partial charge in [0, 0.05) is 41.6 Å². The summed E-state index contributed by atoms with van der Waals surface area (Å²) in [6, 6.07) is 6.26. The van der Waals surface area contributed by atoms with Crippen molar-refractivity contribution >= 4 is 35.0 Å². The Hall–Kier alpha value is -2.73. The van der Waals surface area contributed by atoms with Crippen molar-refractivity contribution in [1.29, 1.82) is 0 Å². The summed E-state index contributed by atoms with van der Waals surface area (Å²) in [5.41, 5.74) is 3.42. The Labute approximate surface area is 162 Å². The van der Waals surface area contributed by atoms with Gasteiger partial charge in [-0.3, -0.25) is 4.79 Å². The minimum absolute atomic E-state index is 0.0347. The summed E-state index contributed by atoms with van der Waals surface area (Å²) >= 11 is 1.78. The summed E-state index contributed by atoms with van der Waals surface area (Å²) in [6.45, 7) is 1.44. The second-order valence-electron chi connectivity index (χ2n) is 6.87. The fourth-order valence-corrected chi connectivity index (χ4v) is 4.16. The van der Waals surface area contributed by atoms with Gasteiger partial charge in [-0.1, -0.05) is 17.7 Å². The predicted molar refractivity (Wildman–Crippen MR) is 106 cm³/mol. The van der Waals surface area contributed by atoms with Gasteiger partial charge in [0.2, 0.25) is 5.91 Å². The van der Waals surface area contributed by atoms with E-state index in [9.17, 15) is 9.59 Å². The number of pyridine rings is 1. The van der Waals surface area contributed by atoms with Gasteiger partial charge in [0.05, 0.1) is 12.6 Å². The number of fused-ring (bicyclic) bond motifs is 1. The standard InChI is InChI=1S/C21H21N3O2S/c25-19-5-4-17-12-16(14-22-21(17)23-19)3-6-20(26)24-9-7-15(8-10-24)13-18-2-1-11-27-18/h1-3,6-7,11-12,14H,4-5,8-10,13H2,(H,22,23,25)/p+1/b6-3+. The molecule has 5 nitrogen and oxygen atoms in total. The van der Waals surface area contributed by atoms with Gasteiger partial charge in [0.15, 0.2) is 0 Å². The third-order valence-electron chi connectivity index (χ3n) is 4.95. The number of H-pyrrole nitrogens is 1. The minimum Gasteiger partial charge on any atom is -0.335 e. The number of anilines is 1. The van der Waals surface area contributed by atoms with Crippen LogP contribution in [-0.4, -0.2) is 29.8 Å². The van der Waals surface area contributed by atoms with E-state index >= 15 is 0 Å². The second kappa shape index (κ2) is 7.88. The van der Waals surface area contributed by atoms with E-state index in [1.165, 1.54) is 10.5 Å². The lowest BCUT2D eigenvalue weighted by molar-refractivity contribution is -0.361. The van der Waals surface area contributed by atoms with Crippen molar-refractivity contribution in [3.8, 4) is 0 Å². The molecule has 2 aliphatic heterocycles. The molecule has 2 aromatic rings. The van der Waals surface area contributed by atoms with E-state index in [-0.39, 0.29) is 11.8 Å². The van der Waals surface area contributed by atoms with Gasteiger partial charge in [0.1, 0.15) is 0 Å². The lowest BCUT2D eigenvalue weighted by atomic mass is 10.0. The number of hydrogen-bond acceptors (Lipinski definition) is 3. The van der Waals surface area contributed by atoms with Gasteiger partial charge in [-0.15, -0.1) is 11.3 Å². The Morgan fingerprint density at radius 1 is 1.33 bits per heavy atom. The van der Waals surface area contributed by atoms with E-state index in [0.717, 1.165) is 42.8 Å². The van der Waals surface area contributed by atoms with Crippen LogP contribution >= 0.6 is 11.3 Å². The quantitative estimate of drug-likeness (QED) is 0.655. The van der Waals surface area contributed by atoms with Crippen LogP contribution in [0.1, 0.15) is 28.8 Å². The van der Waals surface area contributed by atoms with Crippen LogP contribution in [0.4, 0.5) is 5.82 Å². The van der Waals surface area contributed by atoms with Crippen LogP contribution in [-0.2, 0) is 22.4 Å². The molecule has 0 saturated heterocycles. The summed E-state index contributed by atoms with van der Waals surface area (Å²) in [5, 5.41) is 4.93. The first-order chi connectivity index (χ1) is 13.2. The van der Waals surface area contributed by atoms with Crippen molar-refractivity contribution in [3.63, 3.8) is 0 Å². The molecule has 4 heterocycles. The molecule has 6 heteroatoms. The van der Waals surface area contributed by atoms with Crippen LogP contribution in [0.3, 0.4) is 0 Å². The molecule has 0 aliphatic carbocycles. The highest BCUT2D eigenvalue weighted by molar-refractivity contribution is 7.09. The first-order valence-electron chi connectivity index (χ1n) is 9.19. The third kappa shape index (κ3) is 4.34. The molecule has 0 radical (unpaired) electrons. The normalized spacial score (nSPS) is 16.8. The summed E-state index contributed by atoms with van der Waals surface area (Å²) < 4.78 is 0. The molecule has 0 aromatic carbocycles. The summed E-state index contributed by atoms with van der Waals surface area (Å²) in [7, 11) is 0. The maximum absolute atomic E-state index is 12.5. The van der Waals surface area contributed by atoms with Crippen molar-refractivity contribution in [2.45, 2.75) is 25.7 Å². The van der Waals surface area contributed by atoms with Crippen LogP contribution in [0.15, 0.2) is 47.5 Å². The Kier molecular flexibility index (Phi) is 5.16. The lowest BCUT2D eigenvalue weighted by Gasteiger charge is -2.25. The molecule has 0 saturated carbocycles. The van der Waals surface area contributed by atoms with Crippen molar-refractivity contribution < 1.29 is 14.6 Å². The molecule has 138 valence electrons. The Balaban J connectivity index is 1.35. The molecular weight excluding hydrogens is 358 g/mol. The number of carbonyl (C=O) groups is 2. The van der Waals surface area contributed by atoms with Crippen LogP contribution in [0.5, 0.6) is 0 Å². The molecular formula is C21H22N3O2S+. The number of thiophene rings is 1. The van der Waals surface area contributed by atoms with E-state index < -0.39 is 0 Å². The molecule has 2 amide bonds. The highest BCUT2D eigenvalue weighted by atomic mass is 32.1. The number of hydrogen-bond donors (Lipinski definition) is 1. The van der Waals surface area contributed by atoms with Crippen molar-refractivity contribution in [1.82, 2.24) is 4.90 Å². The van der Waals surface area contributed by atoms with Gasteiger partial charge in [-0.2, -0.15) is 0 Å². The first-order valence-corrected chi connectivity index (χ1v) is 10.1. The zero-order valence-electron chi connectivity index (χ0n) is 15.0. The largest absolute Gasteiger partial charge is 0.335 e. The van der Waals surface area contributed by atoms with E-state index in [0.29, 0.717) is 13.0 Å². The Morgan fingerprint density at radius 2 is 2.26 bits per heavy atom. The number of nitrogens with one attached hydrogen (secondary N) is 2. The molecule has 2 N–H and O–H groups in total. The molecule has 27 heavy (non-hydrogen) atoms. The first kappa shape index (κ1) is 17.7. The molecule has 0 unspecified atom stereocenters. The number of aryl methyl sites for hydroxylation is 1. The highest BCUT2D eigenvalue weighted by Crippen LogP contribution is 2.21. The summed E-state index contributed by atoms with van der Waals surface area (Å²) in [5.74, 6) is 0.829. The number of rotatable bonds is 4. The van der Waals surface area contributed by atoms with Gasteiger partial charge >= 0.3 is 5.91 Å². The van der Waals surface area contributed by atoms with E-state index in [4.69, 9.17) is 0 Å². The van der Waals surface area contributed by atoms with E-state index in [2.05, 4.69) is 33.9 Å². The smallest absolute Gasteiger partial charge is 0.307 e. The summed E-state index contributed by atoms with van der Waals surface area (Å²) in [6.07, 6.45) is 10.6. The van der Waals surface area contributed by atoms with E-state index in [1.807, 2.05) is 23.2 Å². The molecule has 0 spiro atoms. The van der Waals surface area contributed by atoms with Crippen molar-refractivity contribution in [2.75, 3.05) is 18.4 Å². The number of nitrogens with zero attached hydrogens (tertiary/aromatic N) is 1. The SMILES string of the molecule is O=C1CCc2cc(/C=C/C(=O)N3CC=C(Cc4cccs4)CC3)c[nH+]c2N1. The fourth-order valence-electron chi connectivity index (χ4n) is 3.40. The van der Waals surface area contributed by atoms with Gasteiger partial charge in [0.25, 0.3) is 5.82 Å². The maximum atomic E-state index is 12.5. The zero-order valence-corrected chi connectivity index (χ0v) is 15.8. The molecule has 2 aliphatic rings. The van der Waals surface area contributed by atoms with Gasteiger partial charge in [-0.25, -0.2) is 15.1 Å². The number of aromatic nitrogens is 1. The minimum atomic E-state index is 0.0347. The number of aromatic amines is 1. The average molecular weight is 380 g/mol. The Morgan fingerprint density at radius 3 is 3.04 bits per heavy atom. The molecule has 0 bridgehead atoms. The van der Waals surface area contributed by atoms with Crippen LogP contribution in [0.25, 0.3) is 6.08 Å². The van der Waals surface area contributed by atoms with Crippen LogP contribution in [0.2, 0.25) is 0 Å². The molecule has 4 rings (SSSR count). The molecule has 0 fully saturated rings. The zero-order chi connectivity index (χ0) is 18.6. The fraction of sp³-hybridized carbons (Fsp3) is 0.286. The van der Waals surface area contributed by atoms with Gasteiger partial charge < -0.3 is 4.90 Å². The maximum Gasteiger partial charge on any atom is 0.307 e. The topological polar surface area (TPSA) is 63.6 Å². The monoisotopic (exact) mass is 380 g/mol. The lowest BCUT2D eigenvalue weighted by Crippen LogP contribution is -2.33. The summed E-state index contributed by atoms with van der Waals surface area (Å²) in [4.78, 5) is 30.2. The molecule has 2 aromatic heterocycles. The van der Waals surface area contributed by atoms with Gasteiger partial charge in [-0.05, 0) is 36.4 Å². The second-order valence-corrected chi connectivity index (χ2v) is 7.90. The van der Waals surface area contributed by atoms with Crippen molar-refractivity contribution in [2.24, 2.45) is 0 Å². The third-order valence-corrected chi connectivity index (χ3v) is 5.82. The average Bonchev–Trinajstić information content (AvgIpc) is 3.19. The van der Waals surface area contributed by atoms with Crippen LogP contribution in [0, 0.1) is 0 Å². The van der Waals surface area contributed by atoms with Crippen LogP contribution < -0.4 is 10.3 Å². The Bertz CT molecular complexity index is 916. The number of amides is 2. The molecule has 0 atom stereocenters. The van der Waals surface area contributed by atoms with Crippen molar-refractivity contribution in [3.05, 3.63) is 63.5 Å².